The molecule has 112 valence electrons. The first-order valence-electron chi connectivity index (χ1n) is 7.03. The van der Waals surface area contributed by atoms with Gasteiger partial charge in [0, 0.05) is 32.8 Å². The fourth-order valence-corrected chi connectivity index (χ4v) is 2.00. The number of rotatable bonds is 6. The lowest BCUT2D eigenvalue weighted by Gasteiger charge is -2.14. The van der Waals surface area contributed by atoms with Crippen LogP contribution in [0.15, 0.2) is 41.1 Å². The van der Waals surface area contributed by atoms with Gasteiger partial charge in [-0.2, -0.15) is 0 Å². The van der Waals surface area contributed by atoms with Gasteiger partial charge in [-0.25, -0.2) is 4.98 Å². The number of carbonyl (C=O) groups excluding carboxylic acids is 1. The van der Waals surface area contributed by atoms with Crippen LogP contribution in [-0.2, 0) is 6.42 Å². The molecule has 5 heteroatoms. The fraction of sp³-hybridized carbons (Fsp3) is 0.375. The largest absolute Gasteiger partial charge is 0.469 e. The van der Waals surface area contributed by atoms with Crippen molar-refractivity contribution in [3.63, 3.8) is 0 Å². The van der Waals surface area contributed by atoms with Crippen molar-refractivity contribution in [2.24, 2.45) is 0 Å². The van der Waals surface area contributed by atoms with Crippen LogP contribution in [0.3, 0.4) is 0 Å². The molecule has 0 aliphatic rings. The first-order valence-corrected chi connectivity index (χ1v) is 7.03. The van der Waals surface area contributed by atoms with Crippen molar-refractivity contribution in [2.75, 3.05) is 19.4 Å². The average Bonchev–Trinajstić information content (AvgIpc) is 2.98. The molecule has 2 aromatic heterocycles. The Morgan fingerprint density at radius 2 is 2.19 bits per heavy atom. The third kappa shape index (κ3) is 4.34. The number of aryl methyl sites for hydroxylation is 1. The lowest BCUT2D eigenvalue weighted by atomic mass is 10.1. The number of carbonyl (C=O) groups is 1. The zero-order chi connectivity index (χ0) is 15.2. The van der Waals surface area contributed by atoms with Gasteiger partial charge >= 0.3 is 0 Å². The SMILES string of the molecule is CC(CCc1ccco1)Nc1ccc(C(=O)N(C)C)cn1. The van der Waals surface area contributed by atoms with E-state index < -0.39 is 0 Å². The second-order valence-corrected chi connectivity index (χ2v) is 5.30. The Morgan fingerprint density at radius 3 is 2.76 bits per heavy atom. The van der Waals surface area contributed by atoms with Crippen molar-refractivity contribution in [3.8, 4) is 0 Å². The molecule has 0 saturated carbocycles. The van der Waals surface area contributed by atoms with Gasteiger partial charge in [-0.1, -0.05) is 0 Å². The van der Waals surface area contributed by atoms with Crippen LogP contribution in [0.1, 0.15) is 29.5 Å². The molecule has 0 aliphatic heterocycles. The van der Waals surface area contributed by atoms with Crippen LogP contribution >= 0.6 is 0 Å². The summed E-state index contributed by atoms with van der Waals surface area (Å²) in [4.78, 5) is 17.6. The highest BCUT2D eigenvalue weighted by atomic mass is 16.3. The van der Waals surface area contributed by atoms with Crippen molar-refractivity contribution >= 4 is 11.7 Å². The first-order chi connectivity index (χ1) is 10.1. The summed E-state index contributed by atoms with van der Waals surface area (Å²) in [6.07, 6.45) is 5.13. The third-order valence-electron chi connectivity index (χ3n) is 3.21. The Kier molecular flexibility index (Phi) is 4.98. The maximum atomic E-state index is 11.8. The summed E-state index contributed by atoms with van der Waals surface area (Å²) in [5.41, 5.74) is 0.591. The van der Waals surface area contributed by atoms with Gasteiger partial charge in [0.05, 0.1) is 11.8 Å². The van der Waals surface area contributed by atoms with Gasteiger partial charge in [0.1, 0.15) is 11.6 Å². The van der Waals surface area contributed by atoms with E-state index in [0.717, 1.165) is 24.4 Å². The minimum absolute atomic E-state index is 0.0417. The van der Waals surface area contributed by atoms with E-state index in [0.29, 0.717) is 5.56 Å². The van der Waals surface area contributed by atoms with E-state index in [1.165, 1.54) is 4.90 Å². The monoisotopic (exact) mass is 287 g/mol. The maximum Gasteiger partial charge on any atom is 0.254 e. The van der Waals surface area contributed by atoms with Gasteiger partial charge in [-0.15, -0.1) is 0 Å². The molecule has 0 spiro atoms. The summed E-state index contributed by atoms with van der Waals surface area (Å²) < 4.78 is 5.31. The molecule has 1 unspecified atom stereocenters. The molecule has 2 rings (SSSR count). The number of anilines is 1. The van der Waals surface area contributed by atoms with Crippen molar-refractivity contribution < 1.29 is 9.21 Å². The molecule has 1 atom stereocenters. The lowest BCUT2D eigenvalue weighted by molar-refractivity contribution is 0.0827. The number of aromatic nitrogens is 1. The van der Waals surface area contributed by atoms with Crippen LogP contribution in [0.2, 0.25) is 0 Å². The van der Waals surface area contributed by atoms with E-state index in [-0.39, 0.29) is 11.9 Å². The van der Waals surface area contributed by atoms with Crippen molar-refractivity contribution in [3.05, 3.63) is 48.0 Å². The third-order valence-corrected chi connectivity index (χ3v) is 3.21. The predicted molar refractivity (Wildman–Crippen MR) is 82.4 cm³/mol. The highest BCUT2D eigenvalue weighted by Crippen LogP contribution is 2.11. The number of pyridine rings is 1. The summed E-state index contributed by atoms with van der Waals surface area (Å²) in [5.74, 6) is 1.72. The van der Waals surface area contributed by atoms with Gasteiger partial charge in [0.15, 0.2) is 0 Å². The molecule has 1 N–H and O–H groups in total. The molecule has 5 nitrogen and oxygen atoms in total. The predicted octanol–water partition coefficient (Wildman–Crippen LogP) is 2.81. The number of nitrogens with one attached hydrogen (secondary N) is 1. The van der Waals surface area contributed by atoms with E-state index >= 15 is 0 Å². The maximum absolute atomic E-state index is 11.8. The van der Waals surface area contributed by atoms with Gasteiger partial charge in [-0.05, 0) is 37.6 Å². The summed E-state index contributed by atoms with van der Waals surface area (Å²) >= 11 is 0. The molecule has 0 saturated heterocycles. The second kappa shape index (κ2) is 6.92. The number of nitrogens with zero attached hydrogens (tertiary/aromatic N) is 2. The first kappa shape index (κ1) is 15.1. The van der Waals surface area contributed by atoms with E-state index in [1.54, 1.807) is 32.6 Å². The highest BCUT2D eigenvalue weighted by molar-refractivity contribution is 5.93. The Hall–Kier alpha value is -2.30. The van der Waals surface area contributed by atoms with Gasteiger partial charge in [0.25, 0.3) is 5.91 Å². The van der Waals surface area contributed by atoms with Crippen LogP contribution in [-0.4, -0.2) is 35.9 Å². The molecule has 0 aliphatic carbocycles. The highest BCUT2D eigenvalue weighted by Gasteiger charge is 2.09. The molecule has 0 bridgehead atoms. The van der Waals surface area contributed by atoms with Gasteiger partial charge in [0.2, 0.25) is 0 Å². The zero-order valence-electron chi connectivity index (χ0n) is 12.7. The molecule has 2 heterocycles. The Bertz CT molecular complexity index is 562. The van der Waals surface area contributed by atoms with Crippen LogP contribution in [0.5, 0.6) is 0 Å². The van der Waals surface area contributed by atoms with Crippen LogP contribution in [0, 0.1) is 0 Å². The topological polar surface area (TPSA) is 58.4 Å². The fourth-order valence-electron chi connectivity index (χ4n) is 2.00. The van der Waals surface area contributed by atoms with Crippen LogP contribution < -0.4 is 5.32 Å². The normalized spacial score (nSPS) is 12.0. The smallest absolute Gasteiger partial charge is 0.254 e. The summed E-state index contributed by atoms with van der Waals surface area (Å²) in [7, 11) is 3.45. The number of furan rings is 1. The molecule has 0 fully saturated rings. The van der Waals surface area contributed by atoms with Gasteiger partial charge < -0.3 is 14.6 Å². The number of hydrogen-bond acceptors (Lipinski definition) is 4. The van der Waals surface area contributed by atoms with E-state index in [9.17, 15) is 4.79 Å². The van der Waals surface area contributed by atoms with E-state index in [1.807, 2.05) is 18.2 Å². The van der Waals surface area contributed by atoms with Crippen LogP contribution in [0.25, 0.3) is 0 Å². The Labute approximate surface area is 125 Å². The summed E-state index contributed by atoms with van der Waals surface area (Å²) in [6.45, 7) is 2.10. The quantitative estimate of drug-likeness (QED) is 0.887. The Morgan fingerprint density at radius 1 is 1.38 bits per heavy atom. The minimum atomic E-state index is -0.0417. The molecule has 1 amide bonds. The van der Waals surface area contributed by atoms with Crippen molar-refractivity contribution in [1.82, 2.24) is 9.88 Å². The molecular weight excluding hydrogens is 266 g/mol. The van der Waals surface area contributed by atoms with Crippen molar-refractivity contribution in [1.29, 1.82) is 0 Å². The summed E-state index contributed by atoms with van der Waals surface area (Å²) in [5, 5.41) is 3.32. The van der Waals surface area contributed by atoms with Crippen LogP contribution in [0.4, 0.5) is 5.82 Å². The molecule has 0 radical (unpaired) electrons. The molecule has 2 aromatic rings. The molecular formula is C16H21N3O2. The standard InChI is InChI=1S/C16H21N3O2/c1-12(6-8-14-5-4-10-21-14)18-15-9-7-13(11-17-15)16(20)19(2)3/h4-5,7,9-12H,6,8H2,1-3H3,(H,17,18). The van der Waals surface area contributed by atoms with E-state index in [4.69, 9.17) is 4.42 Å². The van der Waals surface area contributed by atoms with Gasteiger partial charge in [-0.3, -0.25) is 4.79 Å². The zero-order valence-corrected chi connectivity index (χ0v) is 12.7. The Balaban J connectivity index is 1.86. The summed E-state index contributed by atoms with van der Waals surface area (Å²) in [6, 6.07) is 7.78. The molecule has 21 heavy (non-hydrogen) atoms. The molecule has 0 aromatic carbocycles. The lowest BCUT2D eigenvalue weighted by Crippen LogP contribution is -2.22. The second-order valence-electron chi connectivity index (χ2n) is 5.30. The average molecular weight is 287 g/mol. The number of amides is 1. The minimum Gasteiger partial charge on any atom is -0.469 e. The van der Waals surface area contributed by atoms with E-state index in [2.05, 4.69) is 17.2 Å². The number of hydrogen-bond donors (Lipinski definition) is 1. The van der Waals surface area contributed by atoms with Crippen molar-refractivity contribution in [2.45, 2.75) is 25.8 Å².